The summed E-state index contributed by atoms with van der Waals surface area (Å²) < 4.78 is 16.5. The van der Waals surface area contributed by atoms with Crippen molar-refractivity contribution in [2.45, 2.75) is 31.9 Å². The second-order valence-corrected chi connectivity index (χ2v) is 6.85. The summed E-state index contributed by atoms with van der Waals surface area (Å²) in [5.41, 5.74) is 1.19. The van der Waals surface area contributed by atoms with Gasteiger partial charge in [0.15, 0.2) is 0 Å². The molecule has 2 N–H and O–H groups in total. The second-order valence-electron chi connectivity index (χ2n) is 6.85. The molecule has 1 aliphatic rings. The highest BCUT2D eigenvalue weighted by atomic mass is 16.5. The number of nitrogens with one attached hydrogen (secondary N) is 2. The number of hydrogen-bond donors (Lipinski definition) is 2. The lowest BCUT2D eigenvalue weighted by molar-refractivity contribution is 0.0681. The first kappa shape index (κ1) is 17.9. The molecule has 2 aromatic carbocycles. The van der Waals surface area contributed by atoms with Crippen LogP contribution in [0.25, 0.3) is 0 Å². The van der Waals surface area contributed by atoms with Gasteiger partial charge in [0.2, 0.25) is 0 Å². The van der Waals surface area contributed by atoms with Gasteiger partial charge in [-0.3, -0.25) is 0 Å². The van der Waals surface area contributed by atoms with Crippen LogP contribution in [-0.4, -0.2) is 25.9 Å². The third-order valence-electron chi connectivity index (χ3n) is 4.31. The minimum atomic E-state index is -0.379. The number of rotatable bonds is 4. The molecule has 0 aliphatic carbocycles. The first-order valence-corrected chi connectivity index (χ1v) is 8.49. The highest BCUT2D eigenvalue weighted by Gasteiger charge is 2.34. The zero-order valence-electron chi connectivity index (χ0n) is 15.5. The fourth-order valence-corrected chi connectivity index (χ4v) is 3.11. The molecule has 6 nitrogen and oxygen atoms in total. The highest BCUT2D eigenvalue weighted by Crippen LogP contribution is 2.41. The number of urea groups is 1. The largest absolute Gasteiger partial charge is 0.497 e. The highest BCUT2D eigenvalue weighted by molar-refractivity contribution is 5.89. The normalized spacial score (nSPS) is 17.5. The SMILES string of the molecule is COc1cccc(NC(=O)N[C@H]2CC(C)(C)Oc3ccc(OC)cc32)c1. The molecule has 0 spiro atoms. The molecule has 6 heteroatoms. The van der Waals surface area contributed by atoms with E-state index in [1.54, 1.807) is 20.3 Å². The molecule has 1 atom stereocenters. The van der Waals surface area contributed by atoms with Crippen LogP contribution in [0, 0.1) is 0 Å². The Balaban J connectivity index is 1.78. The Kier molecular flexibility index (Phi) is 4.93. The van der Waals surface area contributed by atoms with E-state index in [0.29, 0.717) is 17.9 Å². The maximum Gasteiger partial charge on any atom is 0.319 e. The number of carbonyl (C=O) groups is 1. The molecule has 1 aliphatic heterocycles. The van der Waals surface area contributed by atoms with Crippen LogP contribution in [-0.2, 0) is 0 Å². The van der Waals surface area contributed by atoms with Crippen LogP contribution in [0.2, 0.25) is 0 Å². The minimum absolute atomic E-state index is 0.186. The van der Waals surface area contributed by atoms with E-state index in [1.807, 2.05) is 50.2 Å². The Bertz CT molecular complexity index is 804. The number of methoxy groups -OCH3 is 2. The number of ether oxygens (including phenoxy) is 3. The van der Waals surface area contributed by atoms with E-state index in [4.69, 9.17) is 14.2 Å². The lowest BCUT2D eigenvalue weighted by atomic mass is 9.89. The van der Waals surface area contributed by atoms with Crippen molar-refractivity contribution in [3.63, 3.8) is 0 Å². The van der Waals surface area contributed by atoms with Crippen molar-refractivity contribution in [2.24, 2.45) is 0 Å². The van der Waals surface area contributed by atoms with Gasteiger partial charge in [0.25, 0.3) is 0 Å². The van der Waals surface area contributed by atoms with Crippen molar-refractivity contribution in [3.8, 4) is 17.2 Å². The van der Waals surface area contributed by atoms with Gasteiger partial charge < -0.3 is 24.8 Å². The molecule has 138 valence electrons. The number of hydrogen-bond acceptors (Lipinski definition) is 4. The van der Waals surface area contributed by atoms with Gasteiger partial charge in [-0.15, -0.1) is 0 Å². The molecule has 0 radical (unpaired) electrons. The average molecular weight is 356 g/mol. The summed E-state index contributed by atoms with van der Waals surface area (Å²) in [6.45, 7) is 4.02. The molecule has 2 amide bonds. The summed E-state index contributed by atoms with van der Waals surface area (Å²) in [5.74, 6) is 2.17. The third kappa shape index (κ3) is 4.02. The molecule has 0 unspecified atom stereocenters. The van der Waals surface area contributed by atoms with Crippen molar-refractivity contribution >= 4 is 11.7 Å². The average Bonchev–Trinajstić information content (AvgIpc) is 2.60. The van der Waals surface area contributed by atoms with Crippen molar-refractivity contribution in [1.82, 2.24) is 5.32 Å². The number of fused-ring (bicyclic) bond motifs is 1. The zero-order chi connectivity index (χ0) is 18.7. The summed E-state index contributed by atoms with van der Waals surface area (Å²) >= 11 is 0. The Morgan fingerprint density at radius 3 is 2.58 bits per heavy atom. The second kappa shape index (κ2) is 7.15. The lowest BCUT2D eigenvalue weighted by Gasteiger charge is -2.38. The molecule has 0 aromatic heterocycles. The lowest BCUT2D eigenvalue weighted by Crippen LogP contribution is -2.42. The van der Waals surface area contributed by atoms with Gasteiger partial charge >= 0.3 is 6.03 Å². The van der Waals surface area contributed by atoms with Gasteiger partial charge in [-0.1, -0.05) is 6.07 Å². The van der Waals surface area contributed by atoms with Crippen LogP contribution in [0.4, 0.5) is 10.5 Å². The van der Waals surface area contributed by atoms with Crippen molar-refractivity contribution in [3.05, 3.63) is 48.0 Å². The van der Waals surface area contributed by atoms with Gasteiger partial charge in [-0.2, -0.15) is 0 Å². The Hall–Kier alpha value is -2.89. The van der Waals surface area contributed by atoms with Crippen LogP contribution in [0.3, 0.4) is 0 Å². The molecular weight excluding hydrogens is 332 g/mol. The van der Waals surface area contributed by atoms with E-state index in [1.165, 1.54) is 0 Å². The number of carbonyl (C=O) groups excluding carboxylic acids is 1. The quantitative estimate of drug-likeness (QED) is 0.864. The maximum absolute atomic E-state index is 12.5. The molecule has 1 heterocycles. The molecular formula is C20H24N2O4. The summed E-state index contributed by atoms with van der Waals surface area (Å²) in [6.07, 6.45) is 0.651. The summed E-state index contributed by atoms with van der Waals surface area (Å²) in [7, 11) is 3.21. The predicted octanol–water partition coefficient (Wildman–Crippen LogP) is 4.13. The molecule has 0 fully saturated rings. The smallest absolute Gasteiger partial charge is 0.319 e. The standard InChI is InChI=1S/C20H24N2O4/c1-20(2)12-17(16-11-15(25-4)8-9-18(16)26-20)22-19(23)21-13-6-5-7-14(10-13)24-3/h5-11,17H,12H2,1-4H3,(H2,21,22,23)/t17-/m0/s1. The third-order valence-corrected chi connectivity index (χ3v) is 4.31. The summed E-state index contributed by atoms with van der Waals surface area (Å²) in [4.78, 5) is 12.5. The van der Waals surface area contributed by atoms with Gasteiger partial charge in [0.05, 0.1) is 20.3 Å². The number of amides is 2. The van der Waals surface area contributed by atoms with Crippen LogP contribution in [0.15, 0.2) is 42.5 Å². The van der Waals surface area contributed by atoms with Crippen LogP contribution in [0.5, 0.6) is 17.2 Å². The van der Waals surface area contributed by atoms with Crippen LogP contribution in [0.1, 0.15) is 31.9 Å². The zero-order valence-corrected chi connectivity index (χ0v) is 15.5. The fraction of sp³-hybridized carbons (Fsp3) is 0.350. The van der Waals surface area contributed by atoms with Crippen molar-refractivity contribution in [2.75, 3.05) is 19.5 Å². The summed E-state index contributed by atoms with van der Waals surface area (Å²) in [6, 6.07) is 12.4. The number of anilines is 1. The summed E-state index contributed by atoms with van der Waals surface area (Å²) in [5, 5.41) is 5.89. The first-order chi connectivity index (χ1) is 12.4. The number of benzene rings is 2. The van der Waals surface area contributed by atoms with Gasteiger partial charge in [-0.25, -0.2) is 4.79 Å². The monoisotopic (exact) mass is 356 g/mol. The van der Waals surface area contributed by atoms with Gasteiger partial charge in [0, 0.05) is 23.7 Å². The Labute approximate surface area is 153 Å². The molecule has 0 bridgehead atoms. The predicted molar refractivity (Wildman–Crippen MR) is 100 cm³/mol. The topological polar surface area (TPSA) is 68.8 Å². The first-order valence-electron chi connectivity index (χ1n) is 8.49. The fourth-order valence-electron chi connectivity index (χ4n) is 3.11. The minimum Gasteiger partial charge on any atom is -0.497 e. The Morgan fingerprint density at radius 2 is 1.85 bits per heavy atom. The van der Waals surface area contributed by atoms with Crippen molar-refractivity contribution in [1.29, 1.82) is 0 Å². The van der Waals surface area contributed by atoms with E-state index in [-0.39, 0.29) is 17.7 Å². The maximum atomic E-state index is 12.5. The van der Waals surface area contributed by atoms with Crippen LogP contribution >= 0.6 is 0 Å². The molecule has 0 saturated heterocycles. The van der Waals surface area contributed by atoms with Crippen molar-refractivity contribution < 1.29 is 19.0 Å². The van der Waals surface area contributed by atoms with E-state index in [0.717, 1.165) is 17.1 Å². The van der Waals surface area contributed by atoms with E-state index < -0.39 is 0 Å². The van der Waals surface area contributed by atoms with E-state index >= 15 is 0 Å². The molecule has 3 rings (SSSR count). The van der Waals surface area contributed by atoms with Crippen LogP contribution < -0.4 is 24.8 Å². The Morgan fingerprint density at radius 1 is 1.12 bits per heavy atom. The van der Waals surface area contributed by atoms with E-state index in [2.05, 4.69) is 10.6 Å². The van der Waals surface area contributed by atoms with Gasteiger partial charge in [-0.05, 0) is 44.2 Å². The molecule has 2 aromatic rings. The molecule has 0 saturated carbocycles. The van der Waals surface area contributed by atoms with E-state index in [9.17, 15) is 4.79 Å². The van der Waals surface area contributed by atoms with Gasteiger partial charge in [0.1, 0.15) is 22.8 Å². The molecule has 26 heavy (non-hydrogen) atoms.